The SMILES string of the molecule is CC(C)N1CC(CC2CNC2)C1. The van der Waals surface area contributed by atoms with E-state index in [0.29, 0.717) is 0 Å². The molecule has 2 saturated heterocycles. The lowest BCUT2D eigenvalue weighted by Gasteiger charge is -2.44. The second kappa shape index (κ2) is 3.35. The Labute approximate surface area is 75.3 Å². The standard InChI is InChI=1S/C10H20N2/c1-8(2)12-6-10(7-12)3-9-4-11-5-9/h8-11H,3-7H2,1-2H3. The van der Waals surface area contributed by atoms with Gasteiger partial charge in [0.1, 0.15) is 0 Å². The number of hydrogen-bond acceptors (Lipinski definition) is 2. The van der Waals surface area contributed by atoms with Crippen LogP contribution in [-0.2, 0) is 0 Å². The highest BCUT2D eigenvalue weighted by Gasteiger charge is 2.31. The highest BCUT2D eigenvalue weighted by Crippen LogP contribution is 2.26. The molecule has 0 amide bonds. The van der Waals surface area contributed by atoms with Crippen LogP contribution in [0.15, 0.2) is 0 Å². The maximum atomic E-state index is 3.34. The van der Waals surface area contributed by atoms with Crippen LogP contribution in [-0.4, -0.2) is 37.1 Å². The maximum Gasteiger partial charge on any atom is 0.00388 e. The zero-order valence-electron chi connectivity index (χ0n) is 8.21. The van der Waals surface area contributed by atoms with Crippen molar-refractivity contribution >= 4 is 0 Å². The fourth-order valence-electron chi connectivity index (χ4n) is 2.17. The Morgan fingerprint density at radius 1 is 1.25 bits per heavy atom. The second-order valence-electron chi connectivity index (χ2n) is 4.67. The molecule has 2 heteroatoms. The molecule has 0 spiro atoms. The van der Waals surface area contributed by atoms with Gasteiger partial charge in [0.15, 0.2) is 0 Å². The van der Waals surface area contributed by atoms with E-state index >= 15 is 0 Å². The topological polar surface area (TPSA) is 15.3 Å². The van der Waals surface area contributed by atoms with Crippen LogP contribution in [0.25, 0.3) is 0 Å². The Hall–Kier alpha value is -0.0800. The highest BCUT2D eigenvalue weighted by atomic mass is 15.2. The Morgan fingerprint density at radius 3 is 2.33 bits per heavy atom. The van der Waals surface area contributed by atoms with E-state index in [2.05, 4.69) is 24.1 Å². The molecule has 70 valence electrons. The lowest BCUT2D eigenvalue weighted by molar-refractivity contribution is 0.0466. The molecule has 0 atom stereocenters. The Bertz CT molecular complexity index is 146. The first-order valence-corrected chi connectivity index (χ1v) is 5.20. The van der Waals surface area contributed by atoms with E-state index in [0.717, 1.165) is 17.9 Å². The normalized spacial score (nSPS) is 27.2. The summed E-state index contributed by atoms with van der Waals surface area (Å²) in [5.41, 5.74) is 0. The van der Waals surface area contributed by atoms with Crippen LogP contribution >= 0.6 is 0 Å². The quantitative estimate of drug-likeness (QED) is 0.674. The molecule has 2 heterocycles. The van der Waals surface area contributed by atoms with Crippen molar-refractivity contribution in [2.45, 2.75) is 26.3 Å². The molecule has 0 bridgehead atoms. The predicted molar refractivity (Wildman–Crippen MR) is 51.2 cm³/mol. The molecule has 2 aliphatic heterocycles. The molecule has 0 unspecified atom stereocenters. The first-order chi connectivity index (χ1) is 5.75. The first-order valence-electron chi connectivity index (χ1n) is 5.20. The van der Waals surface area contributed by atoms with Crippen LogP contribution in [0.2, 0.25) is 0 Å². The third kappa shape index (κ3) is 1.64. The maximum absolute atomic E-state index is 3.34. The van der Waals surface area contributed by atoms with Crippen LogP contribution in [0.4, 0.5) is 0 Å². The van der Waals surface area contributed by atoms with Gasteiger partial charge in [-0.3, -0.25) is 0 Å². The number of nitrogens with one attached hydrogen (secondary N) is 1. The van der Waals surface area contributed by atoms with Crippen LogP contribution < -0.4 is 5.32 Å². The number of rotatable bonds is 3. The van der Waals surface area contributed by atoms with Gasteiger partial charge in [-0.1, -0.05) is 0 Å². The largest absolute Gasteiger partial charge is 0.316 e. The molecule has 0 radical (unpaired) electrons. The molecule has 0 aromatic carbocycles. The van der Waals surface area contributed by atoms with Crippen molar-refractivity contribution in [1.29, 1.82) is 0 Å². The molecule has 12 heavy (non-hydrogen) atoms. The van der Waals surface area contributed by atoms with Crippen molar-refractivity contribution in [3.05, 3.63) is 0 Å². The van der Waals surface area contributed by atoms with Gasteiger partial charge in [-0.05, 0) is 45.2 Å². The smallest absolute Gasteiger partial charge is 0.00388 e. The Balaban J connectivity index is 1.61. The van der Waals surface area contributed by atoms with Gasteiger partial charge in [0.2, 0.25) is 0 Å². The minimum Gasteiger partial charge on any atom is -0.316 e. The van der Waals surface area contributed by atoms with Crippen LogP contribution in [0, 0.1) is 11.8 Å². The van der Waals surface area contributed by atoms with Gasteiger partial charge in [0, 0.05) is 19.1 Å². The molecule has 2 rings (SSSR count). The zero-order chi connectivity index (χ0) is 8.55. The molecule has 0 aromatic rings. The molecule has 0 saturated carbocycles. The van der Waals surface area contributed by atoms with E-state index in [1.807, 2.05) is 0 Å². The molecule has 0 aromatic heterocycles. The fraction of sp³-hybridized carbons (Fsp3) is 1.00. The predicted octanol–water partition coefficient (Wildman–Crippen LogP) is 0.936. The summed E-state index contributed by atoms with van der Waals surface area (Å²) in [6, 6.07) is 0.765. The molecule has 2 nitrogen and oxygen atoms in total. The average Bonchev–Trinajstić information content (AvgIpc) is 1.79. The average molecular weight is 168 g/mol. The third-order valence-electron chi connectivity index (χ3n) is 3.25. The monoisotopic (exact) mass is 168 g/mol. The van der Waals surface area contributed by atoms with Gasteiger partial charge in [-0.15, -0.1) is 0 Å². The minimum atomic E-state index is 0.765. The first kappa shape index (κ1) is 8.52. The molecule has 1 N–H and O–H groups in total. The highest BCUT2D eigenvalue weighted by molar-refractivity contribution is 4.86. The van der Waals surface area contributed by atoms with Crippen LogP contribution in [0.3, 0.4) is 0 Å². The summed E-state index contributed by atoms with van der Waals surface area (Å²) in [5, 5.41) is 3.34. The second-order valence-corrected chi connectivity index (χ2v) is 4.67. The Kier molecular flexibility index (Phi) is 2.37. The summed E-state index contributed by atoms with van der Waals surface area (Å²) in [5.74, 6) is 2.02. The number of hydrogen-bond donors (Lipinski definition) is 1. The van der Waals surface area contributed by atoms with E-state index in [4.69, 9.17) is 0 Å². The van der Waals surface area contributed by atoms with Crippen molar-refractivity contribution in [3.63, 3.8) is 0 Å². The summed E-state index contributed by atoms with van der Waals surface area (Å²) in [4.78, 5) is 2.57. The van der Waals surface area contributed by atoms with Crippen LogP contribution in [0.1, 0.15) is 20.3 Å². The number of nitrogens with zero attached hydrogens (tertiary/aromatic N) is 1. The minimum absolute atomic E-state index is 0.765. The van der Waals surface area contributed by atoms with E-state index in [1.165, 1.54) is 32.6 Å². The summed E-state index contributed by atoms with van der Waals surface area (Å²) < 4.78 is 0. The van der Waals surface area contributed by atoms with Crippen molar-refractivity contribution in [1.82, 2.24) is 10.2 Å². The van der Waals surface area contributed by atoms with Crippen molar-refractivity contribution in [2.24, 2.45) is 11.8 Å². The fourth-order valence-corrected chi connectivity index (χ4v) is 2.17. The van der Waals surface area contributed by atoms with Gasteiger partial charge in [-0.2, -0.15) is 0 Å². The van der Waals surface area contributed by atoms with E-state index in [9.17, 15) is 0 Å². The van der Waals surface area contributed by atoms with Crippen LogP contribution in [0.5, 0.6) is 0 Å². The molecule has 2 aliphatic rings. The zero-order valence-corrected chi connectivity index (χ0v) is 8.21. The summed E-state index contributed by atoms with van der Waals surface area (Å²) in [6.45, 7) is 9.85. The summed E-state index contributed by atoms with van der Waals surface area (Å²) in [7, 11) is 0. The van der Waals surface area contributed by atoms with Crippen molar-refractivity contribution < 1.29 is 0 Å². The number of likely N-dealkylation sites (tertiary alicyclic amines) is 1. The molecular weight excluding hydrogens is 148 g/mol. The van der Waals surface area contributed by atoms with Gasteiger partial charge >= 0.3 is 0 Å². The molecule has 2 fully saturated rings. The van der Waals surface area contributed by atoms with Gasteiger partial charge in [0.25, 0.3) is 0 Å². The van der Waals surface area contributed by atoms with E-state index in [1.54, 1.807) is 0 Å². The molecule has 0 aliphatic carbocycles. The van der Waals surface area contributed by atoms with Gasteiger partial charge in [-0.25, -0.2) is 0 Å². The van der Waals surface area contributed by atoms with Crippen molar-refractivity contribution in [2.75, 3.05) is 26.2 Å². The van der Waals surface area contributed by atoms with E-state index in [-0.39, 0.29) is 0 Å². The Morgan fingerprint density at radius 2 is 1.92 bits per heavy atom. The lowest BCUT2D eigenvalue weighted by Crippen LogP contribution is -2.53. The third-order valence-corrected chi connectivity index (χ3v) is 3.25. The molecular formula is C10H20N2. The van der Waals surface area contributed by atoms with E-state index < -0.39 is 0 Å². The lowest BCUT2D eigenvalue weighted by atomic mass is 9.85. The van der Waals surface area contributed by atoms with Crippen molar-refractivity contribution in [3.8, 4) is 0 Å². The van der Waals surface area contributed by atoms with Gasteiger partial charge < -0.3 is 10.2 Å². The van der Waals surface area contributed by atoms with Gasteiger partial charge in [0.05, 0.1) is 0 Å². The summed E-state index contributed by atoms with van der Waals surface area (Å²) in [6.07, 6.45) is 1.47. The summed E-state index contributed by atoms with van der Waals surface area (Å²) >= 11 is 0.